The summed E-state index contributed by atoms with van der Waals surface area (Å²) in [6.07, 6.45) is 8.27. The largest absolute Gasteiger partial charge is 0.516 e. The molecule has 1 fully saturated rings. The van der Waals surface area contributed by atoms with E-state index in [0.717, 1.165) is 25.8 Å². The van der Waals surface area contributed by atoms with Crippen molar-refractivity contribution >= 4 is 17.1 Å². The first kappa shape index (κ1) is 25.2. The van der Waals surface area contributed by atoms with Crippen LogP contribution in [0.2, 0.25) is 0 Å². The molecular formula is C24H36N6O2. The molecule has 1 aromatic rings. The van der Waals surface area contributed by atoms with Crippen molar-refractivity contribution in [2.45, 2.75) is 38.8 Å². The minimum Gasteiger partial charge on any atom is -0.516 e. The second-order valence-electron chi connectivity index (χ2n) is 9.13. The van der Waals surface area contributed by atoms with Crippen LogP contribution >= 0.6 is 0 Å². The second-order valence-corrected chi connectivity index (χ2v) is 9.13. The highest BCUT2D eigenvalue weighted by Gasteiger charge is 2.26. The third-order valence-electron chi connectivity index (χ3n) is 4.93. The zero-order valence-corrected chi connectivity index (χ0v) is 19.6. The monoisotopic (exact) mass is 440 g/mol. The van der Waals surface area contributed by atoms with Crippen molar-refractivity contribution in [3.63, 3.8) is 0 Å². The van der Waals surface area contributed by atoms with E-state index in [0.29, 0.717) is 28.6 Å². The number of phenolic OH excluding ortho intramolecular Hbond substituents is 1. The number of aliphatic hydroxyl groups is 1. The molecule has 1 saturated heterocycles. The van der Waals surface area contributed by atoms with Gasteiger partial charge in [0, 0.05) is 56.1 Å². The van der Waals surface area contributed by atoms with Crippen LogP contribution in [-0.2, 0) is 0 Å². The number of nitrogens with zero attached hydrogens (tertiary/aromatic N) is 2. The average molecular weight is 441 g/mol. The number of aliphatic hydroxyl groups excluding tert-OH is 1. The molecule has 2 rings (SSSR count). The van der Waals surface area contributed by atoms with Crippen LogP contribution in [-0.4, -0.2) is 70.4 Å². The van der Waals surface area contributed by atoms with Gasteiger partial charge in [-0.1, -0.05) is 6.07 Å². The Morgan fingerprint density at radius 2 is 1.91 bits per heavy atom. The van der Waals surface area contributed by atoms with Crippen LogP contribution in [0.3, 0.4) is 0 Å². The van der Waals surface area contributed by atoms with Crippen LogP contribution < -0.4 is 10.7 Å². The molecule has 0 aliphatic carbocycles. The summed E-state index contributed by atoms with van der Waals surface area (Å²) in [6.45, 7) is 7.98. The average Bonchev–Trinajstić information content (AvgIpc) is 3.15. The SMILES string of the molecule is CN(C)NC=C(C=CO)c1ccc(C(=N)C=CC(=N)N2CCC(NC(C)(C)C)C2)c(O)c1. The molecule has 1 unspecified atom stereocenters. The van der Waals surface area contributed by atoms with Crippen molar-refractivity contribution in [1.82, 2.24) is 20.7 Å². The van der Waals surface area contributed by atoms with Crippen molar-refractivity contribution in [1.29, 1.82) is 10.8 Å². The Bertz CT molecular complexity index is 912. The van der Waals surface area contributed by atoms with Crippen molar-refractivity contribution in [3.05, 3.63) is 60.0 Å². The summed E-state index contributed by atoms with van der Waals surface area (Å²) >= 11 is 0. The molecule has 8 nitrogen and oxygen atoms in total. The van der Waals surface area contributed by atoms with Gasteiger partial charge in [-0.3, -0.25) is 5.41 Å². The number of hydrogen-bond acceptors (Lipinski definition) is 7. The first-order valence-corrected chi connectivity index (χ1v) is 10.7. The number of hydrogen-bond donors (Lipinski definition) is 6. The number of hydrazine groups is 1. The van der Waals surface area contributed by atoms with E-state index in [4.69, 9.17) is 15.9 Å². The molecule has 32 heavy (non-hydrogen) atoms. The third-order valence-corrected chi connectivity index (χ3v) is 4.93. The Hall–Kier alpha value is -3.10. The van der Waals surface area contributed by atoms with Crippen LogP contribution in [0.1, 0.15) is 38.3 Å². The summed E-state index contributed by atoms with van der Waals surface area (Å²) in [6, 6.07) is 5.33. The lowest BCUT2D eigenvalue weighted by Gasteiger charge is -2.26. The number of allylic oxidation sites excluding steroid dienone is 3. The summed E-state index contributed by atoms with van der Waals surface area (Å²) < 4.78 is 0. The van der Waals surface area contributed by atoms with E-state index < -0.39 is 0 Å². The Morgan fingerprint density at radius 3 is 2.50 bits per heavy atom. The van der Waals surface area contributed by atoms with E-state index in [1.54, 1.807) is 41.6 Å². The molecular weight excluding hydrogens is 404 g/mol. The first-order valence-electron chi connectivity index (χ1n) is 10.7. The van der Waals surface area contributed by atoms with Crippen LogP contribution in [0, 0.1) is 10.8 Å². The Labute approximate surface area is 190 Å². The molecule has 8 heteroatoms. The zero-order valence-electron chi connectivity index (χ0n) is 19.6. The van der Waals surface area contributed by atoms with E-state index in [2.05, 4.69) is 31.5 Å². The van der Waals surface area contributed by atoms with Crippen molar-refractivity contribution in [3.8, 4) is 5.75 Å². The number of phenols is 1. The number of nitrogens with one attached hydrogen (secondary N) is 4. The van der Waals surface area contributed by atoms with E-state index >= 15 is 0 Å². The molecule has 0 amide bonds. The lowest BCUT2D eigenvalue weighted by molar-refractivity contribution is 0.343. The van der Waals surface area contributed by atoms with Crippen molar-refractivity contribution in [2.24, 2.45) is 0 Å². The fourth-order valence-electron chi connectivity index (χ4n) is 3.51. The van der Waals surface area contributed by atoms with Crippen molar-refractivity contribution < 1.29 is 10.2 Å². The molecule has 1 aliphatic rings. The highest BCUT2D eigenvalue weighted by atomic mass is 16.3. The number of benzene rings is 1. The normalized spacial score (nSPS) is 17.6. The molecule has 1 heterocycles. The highest BCUT2D eigenvalue weighted by molar-refractivity contribution is 6.11. The molecule has 0 radical (unpaired) electrons. The quantitative estimate of drug-likeness (QED) is 0.121. The van der Waals surface area contributed by atoms with Gasteiger partial charge in [-0.25, -0.2) is 5.01 Å². The number of likely N-dealkylation sites (tertiary alicyclic amines) is 1. The van der Waals surface area contributed by atoms with Crippen molar-refractivity contribution in [2.75, 3.05) is 27.2 Å². The maximum Gasteiger partial charge on any atom is 0.125 e. The van der Waals surface area contributed by atoms with Crippen LogP contribution in [0.4, 0.5) is 0 Å². The smallest absolute Gasteiger partial charge is 0.125 e. The Kier molecular flexibility index (Phi) is 8.63. The van der Waals surface area contributed by atoms with E-state index in [1.165, 1.54) is 6.08 Å². The van der Waals surface area contributed by atoms with Crippen LogP contribution in [0.25, 0.3) is 5.57 Å². The number of rotatable bonds is 8. The molecule has 0 bridgehead atoms. The fraction of sp³-hybridized carbons (Fsp3) is 0.417. The maximum atomic E-state index is 10.5. The van der Waals surface area contributed by atoms with Gasteiger partial charge in [0.25, 0.3) is 0 Å². The van der Waals surface area contributed by atoms with Crippen LogP contribution in [0.15, 0.2) is 48.9 Å². The van der Waals surface area contributed by atoms with Gasteiger partial charge in [-0.2, -0.15) is 0 Å². The lowest BCUT2D eigenvalue weighted by Crippen LogP contribution is -2.45. The van der Waals surface area contributed by atoms with Gasteiger partial charge in [0.2, 0.25) is 0 Å². The Balaban J connectivity index is 2.06. The third kappa shape index (κ3) is 7.55. The molecule has 0 spiro atoms. The number of amidine groups is 1. The van der Waals surface area contributed by atoms with Gasteiger partial charge in [0.1, 0.15) is 11.6 Å². The molecule has 0 aromatic heterocycles. The van der Waals surface area contributed by atoms with Gasteiger partial charge in [-0.15, -0.1) is 0 Å². The van der Waals surface area contributed by atoms with Gasteiger partial charge in [0.15, 0.2) is 0 Å². The fourth-order valence-corrected chi connectivity index (χ4v) is 3.51. The molecule has 6 N–H and O–H groups in total. The van der Waals surface area contributed by atoms with Gasteiger partial charge in [0.05, 0.1) is 12.0 Å². The van der Waals surface area contributed by atoms with E-state index in [-0.39, 0.29) is 17.0 Å². The number of aromatic hydroxyl groups is 1. The lowest BCUT2D eigenvalue weighted by atomic mass is 10.0. The van der Waals surface area contributed by atoms with Gasteiger partial charge in [-0.05, 0) is 63.1 Å². The molecule has 174 valence electrons. The summed E-state index contributed by atoms with van der Waals surface area (Å²) in [7, 11) is 3.68. The predicted molar refractivity (Wildman–Crippen MR) is 131 cm³/mol. The summed E-state index contributed by atoms with van der Waals surface area (Å²) in [5.74, 6) is 0.318. The predicted octanol–water partition coefficient (Wildman–Crippen LogP) is 3.23. The Morgan fingerprint density at radius 1 is 1.19 bits per heavy atom. The van der Waals surface area contributed by atoms with Gasteiger partial charge >= 0.3 is 0 Å². The highest BCUT2D eigenvalue weighted by Crippen LogP contribution is 2.25. The van der Waals surface area contributed by atoms with E-state index in [1.807, 2.05) is 19.0 Å². The van der Waals surface area contributed by atoms with E-state index in [9.17, 15) is 5.11 Å². The minimum atomic E-state index is -0.0404. The zero-order chi connectivity index (χ0) is 23.9. The van der Waals surface area contributed by atoms with Crippen LogP contribution in [0.5, 0.6) is 5.75 Å². The summed E-state index contributed by atoms with van der Waals surface area (Å²) in [4.78, 5) is 1.99. The van der Waals surface area contributed by atoms with Gasteiger partial charge < -0.3 is 31.3 Å². The summed E-state index contributed by atoms with van der Waals surface area (Å²) in [5, 5.41) is 41.6. The topological polar surface area (TPSA) is 119 Å². The maximum absolute atomic E-state index is 10.5. The summed E-state index contributed by atoms with van der Waals surface area (Å²) in [5.41, 5.74) is 4.89. The molecule has 0 saturated carbocycles. The minimum absolute atomic E-state index is 0.0368. The first-order chi connectivity index (χ1) is 15.0. The molecule has 1 aliphatic heterocycles. The standard InChI is InChI=1S/C24H36N6O2/c1-24(2,3)28-19-10-12-30(16-19)23(26)9-8-21(25)20-7-6-17(14-22(20)32)18(11-13-31)15-27-29(4)5/h6-9,11,13-15,19,25-28,31-32H,10,12,16H2,1-5H3. The molecule has 1 aromatic carbocycles. The molecule has 1 atom stereocenters. The second kappa shape index (κ2) is 11.0.